The van der Waals surface area contributed by atoms with Crippen LogP contribution < -0.4 is 0 Å². The molecule has 12 heavy (non-hydrogen) atoms. The molecule has 0 radical (unpaired) electrons. The fraction of sp³-hybridized carbons (Fsp3) is 0.800. The van der Waals surface area contributed by atoms with Crippen molar-refractivity contribution in [3.63, 3.8) is 0 Å². The Kier molecular flexibility index (Phi) is 3.76. The van der Waals surface area contributed by atoms with Crippen LogP contribution in [0.25, 0.3) is 0 Å². The summed E-state index contributed by atoms with van der Waals surface area (Å²) in [6.45, 7) is 5.04. The first kappa shape index (κ1) is 9.75. The van der Waals surface area contributed by atoms with Gasteiger partial charge in [0.15, 0.2) is 0 Å². The second kappa shape index (κ2) is 4.63. The summed E-state index contributed by atoms with van der Waals surface area (Å²) >= 11 is 0. The number of methoxy groups -OCH3 is 1. The molecule has 2 unspecified atom stereocenters. The molecule has 1 heterocycles. The van der Waals surface area contributed by atoms with Crippen LogP contribution in [0.4, 0.5) is 0 Å². The minimum absolute atomic E-state index is 0.163. The van der Waals surface area contributed by atoms with Crippen molar-refractivity contribution in [1.29, 1.82) is 0 Å². The highest BCUT2D eigenvalue weighted by Gasteiger charge is 2.20. The summed E-state index contributed by atoms with van der Waals surface area (Å²) in [5.74, 6) is 0.592. The van der Waals surface area contributed by atoms with Crippen molar-refractivity contribution in [3.05, 3.63) is 12.2 Å². The molecule has 0 aromatic heterocycles. The molecule has 0 fully saturated rings. The molecule has 0 aliphatic carbocycles. The summed E-state index contributed by atoms with van der Waals surface area (Å²) in [5, 5.41) is 0. The van der Waals surface area contributed by atoms with Gasteiger partial charge in [-0.25, -0.2) is 0 Å². The zero-order valence-corrected chi connectivity index (χ0v) is 8.12. The zero-order chi connectivity index (χ0) is 8.97. The molecule has 0 saturated heterocycles. The summed E-state index contributed by atoms with van der Waals surface area (Å²) in [6, 6.07) is 0. The first-order valence-electron chi connectivity index (χ1n) is 4.55. The summed E-state index contributed by atoms with van der Waals surface area (Å²) < 4.78 is 10.8. The van der Waals surface area contributed by atoms with Crippen LogP contribution in [0.1, 0.15) is 20.3 Å². The first-order valence-corrected chi connectivity index (χ1v) is 4.55. The van der Waals surface area contributed by atoms with E-state index in [-0.39, 0.29) is 6.10 Å². The smallest absolute Gasteiger partial charge is 0.0993 e. The Morgan fingerprint density at radius 2 is 2.33 bits per heavy atom. The van der Waals surface area contributed by atoms with Crippen LogP contribution in [0.15, 0.2) is 12.2 Å². The lowest BCUT2D eigenvalue weighted by molar-refractivity contribution is -0.0488. The van der Waals surface area contributed by atoms with Crippen molar-refractivity contribution in [2.24, 2.45) is 5.92 Å². The number of hydrogen-bond acceptors (Lipinski definition) is 2. The van der Waals surface area contributed by atoms with Crippen LogP contribution in [-0.4, -0.2) is 25.9 Å². The fourth-order valence-electron chi connectivity index (χ4n) is 1.38. The zero-order valence-electron chi connectivity index (χ0n) is 8.12. The van der Waals surface area contributed by atoms with E-state index in [9.17, 15) is 0 Å². The summed E-state index contributed by atoms with van der Waals surface area (Å²) in [6.07, 6.45) is 5.85. The maximum atomic E-state index is 5.78. The lowest BCUT2D eigenvalue weighted by Crippen LogP contribution is -2.30. The monoisotopic (exact) mass is 170 g/mol. The largest absolute Gasteiger partial charge is 0.382 e. The van der Waals surface area contributed by atoms with Crippen molar-refractivity contribution in [3.8, 4) is 0 Å². The van der Waals surface area contributed by atoms with Crippen LogP contribution in [0.2, 0.25) is 0 Å². The Morgan fingerprint density at radius 3 is 2.92 bits per heavy atom. The van der Waals surface area contributed by atoms with Crippen LogP contribution in [0.3, 0.4) is 0 Å². The van der Waals surface area contributed by atoms with E-state index >= 15 is 0 Å². The van der Waals surface area contributed by atoms with Gasteiger partial charge >= 0.3 is 0 Å². The van der Waals surface area contributed by atoms with Crippen LogP contribution in [0.5, 0.6) is 0 Å². The molecule has 0 amide bonds. The predicted octanol–water partition coefficient (Wildman–Crippen LogP) is 2.00. The summed E-state index contributed by atoms with van der Waals surface area (Å²) in [7, 11) is 1.70. The van der Waals surface area contributed by atoms with Crippen molar-refractivity contribution >= 4 is 0 Å². The normalized spacial score (nSPS) is 29.7. The maximum absolute atomic E-state index is 5.78. The molecule has 0 aromatic rings. The molecule has 2 nitrogen and oxygen atoms in total. The van der Waals surface area contributed by atoms with Crippen LogP contribution in [-0.2, 0) is 9.47 Å². The van der Waals surface area contributed by atoms with E-state index in [0.717, 1.165) is 6.42 Å². The van der Waals surface area contributed by atoms with E-state index < -0.39 is 0 Å². The summed E-state index contributed by atoms with van der Waals surface area (Å²) in [4.78, 5) is 0. The highest BCUT2D eigenvalue weighted by Crippen LogP contribution is 2.18. The summed E-state index contributed by atoms with van der Waals surface area (Å²) in [5.41, 5.74) is 0. The van der Waals surface area contributed by atoms with E-state index in [1.54, 1.807) is 7.11 Å². The molecule has 0 spiro atoms. The third-order valence-electron chi connectivity index (χ3n) is 2.14. The molecular formula is C10H18O2. The van der Waals surface area contributed by atoms with E-state index in [1.807, 2.05) is 0 Å². The molecule has 1 aliphatic heterocycles. The predicted molar refractivity (Wildman–Crippen MR) is 49.1 cm³/mol. The molecule has 2 atom stereocenters. The molecule has 2 heteroatoms. The van der Waals surface area contributed by atoms with Crippen LogP contribution >= 0.6 is 0 Å². The number of ether oxygens (including phenoxy) is 2. The minimum Gasteiger partial charge on any atom is -0.382 e. The number of rotatable bonds is 3. The van der Waals surface area contributed by atoms with Gasteiger partial charge in [-0.15, -0.1) is 0 Å². The van der Waals surface area contributed by atoms with E-state index in [4.69, 9.17) is 9.47 Å². The topological polar surface area (TPSA) is 18.5 Å². The molecule has 0 saturated carbocycles. The molecule has 1 rings (SSSR count). The van der Waals surface area contributed by atoms with E-state index in [2.05, 4.69) is 26.0 Å². The van der Waals surface area contributed by atoms with Gasteiger partial charge in [0.25, 0.3) is 0 Å². The Morgan fingerprint density at radius 1 is 1.58 bits per heavy atom. The number of hydrogen-bond donors (Lipinski definition) is 0. The third-order valence-corrected chi connectivity index (χ3v) is 2.14. The molecular weight excluding hydrogens is 152 g/mol. The molecule has 0 bridgehead atoms. The highest BCUT2D eigenvalue weighted by atomic mass is 16.5. The van der Waals surface area contributed by atoms with Gasteiger partial charge in [-0.3, -0.25) is 0 Å². The fourth-order valence-corrected chi connectivity index (χ4v) is 1.38. The van der Waals surface area contributed by atoms with Crippen molar-refractivity contribution in [2.45, 2.75) is 32.5 Å². The third kappa shape index (κ3) is 2.61. The Balaban J connectivity index is 2.40. The Labute approximate surface area is 74.6 Å². The maximum Gasteiger partial charge on any atom is 0.0993 e. The minimum atomic E-state index is 0.163. The van der Waals surface area contributed by atoms with Gasteiger partial charge in [0.2, 0.25) is 0 Å². The Hall–Kier alpha value is -0.340. The van der Waals surface area contributed by atoms with Crippen molar-refractivity contribution < 1.29 is 9.47 Å². The lowest BCUT2D eigenvalue weighted by atomic mass is 10.0. The quantitative estimate of drug-likeness (QED) is 0.603. The highest BCUT2D eigenvalue weighted by molar-refractivity contribution is 4.96. The standard InChI is InChI=1S/C10H18O2/c1-8(2)10-6-4-5-9(12-10)7-11-3/h4-5,8-10H,6-7H2,1-3H3. The second-order valence-corrected chi connectivity index (χ2v) is 3.58. The van der Waals surface area contributed by atoms with Gasteiger partial charge in [0.1, 0.15) is 0 Å². The van der Waals surface area contributed by atoms with E-state index in [0.29, 0.717) is 18.6 Å². The SMILES string of the molecule is COCC1C=CCC(C(C)C)O1. The van der Waals surface area contributed by atoms with Gasteiger partial charge in [0, 0.05) is 7.11 Å². The van der Waals surface area contributed by atoms with Gasteiger partial charge in [0.05, 0.1) is 18.8 Å². The van der Waals surface area contributed by atoms with Gasteiger partial charge in [-0.05, 0) is 12.3 Å². The average Bonchev–Trinajstić information content (AvgIpc) is 2.05. The molecule has 1 aliphatic rings. The molecule has 70 valence electrons. The average molecular weight is 170 g/mol. The van der Waals surface area contributed by atoms with Crippen LogP contribution in [0, 0.1) is 5.92 Å². The van der Waals surface area contributed by atoms with Gasteiger partial charge < -0.3 is 9.47 Å². The van der Waals surface area contributed by atoms with Crippen molar-refractivity contribution in [1.82, 2.24) is 0 Å². The van der Waals surface area contributed by atoms with Gasteiger partial charge in [-0.1, -0.05) is 26.0 Å². The Bertz CT molecular complexity index is 152. The first-order chi connectivity index (χ1) is 5.74. The van der Waals surface area contributed by atoms with Crippen molar-refractivity contribution in [2.75, 3.05) is 13.7 Å². The van der Waals surface area contributed by atoms with Gasteiger partial charge in [-0.2, -0.15) is 0 Å². The second-order valence-electron chi connectivity index (χ2n) is 3.58. The molecule has 0 N–H and O–H groups in total. The molecule has 0 aromatic carbocycles. The van der Waals surface area contributed by atoms with E-state index in [1.165, 1.54) is 0 Å². The lowest BCUT2D eigenvalue weighted by Gasteiger charge is -2.28.